The van der Waals surface area contributed by atoms with Crippen LogP contribution in [0.3, 0.4) is 0 Å². The number of esters is 1. The van der Waals surface area contributed by atoms with Gasteiger partial charge in [0, 0.05) is 16.7 Å². The second-order valence-electron chi connectivity index (χ2n) is 9.94. The van der Waals surface area contributed by atoms with Crippen molar-refractivity contribution in [3.63, 3.8) is 0 Å². The van der Waals surface area contributed by atoms with E-state index in [-0.39, 0.29) is 36.6 Å². The number of carbonyl (C=O) groups is 3. The Labute approximate surface area is 185 Å². The minimum absolute atomic E-state index is 0.00836. The molecule has 0 saturated heterocycles. The van der Waals surface area contributed by atoms with Crippen molar-refractivity contribution >= 4 is 29.8 Å². The smallest absolute Gasteiger partial charge is 0.351 e. The summed E-state index contributed by atoms with van der Waals surface area (Å²) in [5, 5.41) is 11.5. The highest BCUT2D eigenvalue weighted by Gasteiger charge is 2.77. The molecule has 3 unspecified atom stereocenters. The fraction of sp³-hybridized carbons (Fsp3) is 0.696. The molecule has 0 amide bonds. The molecule has 0 bridgehead atoms. The molecule has 9 atom stereocenters. The lowest BCUT2D eigenvalue weighted by atomic mass is 9.45. The number of rotatable bonds is 3. The standard InChI is InChI=1S/C23H28ClFO6/c1-12-7-14-15-9-17(25)16-8-13(27)5-6-20(16,2)22(15,24)18(28)10-21(14,3)23(12,31-11-26)19(29)30-4/h5-6,8,11-12,14-15,17-18,28H,7,9-10H2,1-4H3/t12?,14?,15?,17-,18-,20-,21-,22-,23-/m0/s1. The van der Waals surface area contributed by atoms with Crippen LogP contribution in [0.2, 0.25) is 0 Å². The van der Waals surface area contributed by atoms with Crippen LogP contribution < -0.4 is 0 Å². The molecule has 4 aliphatic rings. The Hall–Kier alpha value is -1.73. The van der Waals surface area contributed by atoms with Gasteiger partial charge in [-0.3, -0.25) is 9.59 Å². The first-order chi connectivity index (χ1) is 14.4. The number of aliphatic hydroxyl groups excluding tert-OH is 1. The Morgan fingerprint density at radius 3 is 2.61 bits per heavy atom. The van der Waals surface area contributed by atoms with Crippen molar-refractivity contribution in [2.75, 3.05) is 7.11 Å². The molecule has 4 rings (SSSR count). The fourth-order valence-corrected chi connectivity index (χ4v) is 7.98. The van der Waals surface area contributed by atoms with Gasteiger partial charge in [0.25, 0.3) is 6.47 Å². The zero-order valence-electron chi connectivity index (χ0n) is 18.1. The van der Waals surface area contributed by atoms with E-state index in [2.05, 4.69) is 0 Å². The summed E-state index contributed by atoms with van der Waals surface area (Å²) in [6.07, 6.45) is 2.23. The molecule has 0 aromatic heterocycles. The Balaban J connectivity index is 1.89. The molecular formula is C23H28ClFO6. The Kier molecular flexibility index (Phi) is 4.99. The molecule has 8 heteroatoms. The summed E-state index contributed by atoms with van der Waals surface area (Å²) in [6, 6.07) is 0. The van der Waals surface area contributed by atoms with Gasteiger partial charge in [0.15, 0.2) is 5.78 Å². The lowest BCUT2D eigenvalue weighted by Crippen LogP contribution is -2.70. The average molecular weight is 455 g/mol. The first-order valence-electron chi connectivity index (χ1n) is 10.6. The minimum atomic E-state index is -1.60. The third kappa shape index (κ3) is 2.45. The monoisotopic (exact) mass is 454 g/mol. The molecular weight excluding hydrogens is 427 g/mol. The minimum Gasteiger partial charge on any atom is -0.466 e. The number of allylic oxidation sites excluding steroid dienone is 4. The number of methoxy groups -OCH3 is 1. The van der Waals surface area contributed by atoms with Crippen LogP contribution in [0, 0.1) is 28.6 Å². The number of hydrogen-bond acceptors (Lipinski definition) is 6. The summed E-state index contributed by atoms with van der Waals surface area (Å²) in [5.41, 5.74) is -3.40. The van der Waals surface area contributed by atoms with Gasteiger partial charge < -0.3 is 14.6 Å². The number of hydrogen-bond donors (Lipinski definition) is 1. The molecule has 3 fully saturated rings. The maximum absolute atomic E-state index is 15.5. The van der Waals surface area contributed by atoms with Crippen molar-refractivity contribution in [1.82, 2.24) is 0 Å². The van der Waals surface area contributed by atoms with Crippen LogP contribution in [0.4, 0.5) is 4.39 Å². The third-order valence-electron chi connectivity index (χ3n) is 8.89. The maximum atomic E-state index is 15.5. The molecule has 31 heavy (non-hydrogen) atoms. The van der Waals surface area contributed by atoms with Crippen molar-refractivity contribution in [1.29, 1.82) is 0 Å². The molecule has 0 radical (unpaired) electrons. The van der Waals surface area contributed by atoms with Crippen LogP contribution in [-0.4, -0.2) is 53.2 Å². The maximum Gasteiger partial charge on any atom is 0.351 e. The van der Waals surface area contributed by atoms with Crippen LogP contribution in [0.5, 0.6) is 0 Å². The van der Waals surface area contributed by atoms with E-state index < -0.39 is 51.4 Å². The van der Waals surface area contributed by atoms with Crippen LogP contribution in [0.15, 0.2) is 23.8 Å². The van der Waals surface area contributed by atoms with E-state index in [9.17, 15) is 19.5 Å². The van der Waals surface area contributed by atoms with Crippen molar-refractivity contribution < 1.29 is 33.4 Å². The summed E-state index contributed by atoms with van der Waals surface area (Å²) in [7, 11) is 1.23. The van der Waals surface area contributed by atoms with E-state index in [4.69, 9.17) is 21.1 Å². The second kappa shape index (κ2) is 6.88. The summed E-state index contributed by atoms with van der Waals surface area (Å²) < 4.78 is 26.0. The highest BCUT2D eigenvalue weighted by molar-refractivity contribution is 6.26. The lowest BCUT2D eigenvalue weighted by Gasteiger charge is -2.64. The lowest BCUT2D eigenvalue weighted by molar-refractivity contribution is -0.208. The van der Waals surface area contributed by atoms with Gasteiger partial charge in [0.1, 0.15) is 6.17 Å². The third-order valence-corrected chi connectivity index (χ3v) is 9.82. The number of ether oxygens (including phenoxy) is 2. The van der Waals surface area contributed by atoms with Crippen LogP contribution >= 0.6 is 11.6 Å². The van der Waals surface area contributed by atoms with Gasteiger partial charge in [-0.1, -0.05) is 26.8 Å². The average Bonchev–Trinajstić information content (AvgIpc) is 2.93. The molecule has 3 saturated carbocycles. The SMILES string of the molecule is COC(=O)[C@@]1(OC=O)C(C)CC2C3C[C@H](F)C4=CC(=O)C=C[C@]4(C)[C@@]3(Cl)[C@@H](O)C[C@@]21C. The van der Waals surface area contributed by atoms with Gasteiger partial charge in [-0.15, -0.1) is 11.6 Å². The molecule has 6 nitrogen and oxygen atoms in total. The van der Waals surface area contributed by atoms with Crippen LogP contribution in [-0.2, 0) is 23.9 Å². The number of ketones is 1. The largest absolute Gasteiger partial charge is 0.466 e. The molecule has 0 heterocycles. The molecule has 0 aliphatic heterocycles. The van der Waals surface area contributed by atoms with E-state index in [0.717, 1.165) is 0 Å². The Morgan fingerprint density at radius 2 is 2.00 bits per heavy atom. The quantitative estimate of drug-likeness (QED) is 0.400. The first-order valence-corrected chi connectivity index (χ1v) is 11.0. The van der Waals surface area contributed by atoms with E-state index in [0.29, 0.717) is 6.42 Å². The predicted octanol–water partition coefficient (Wildman–Crippen LogP) is 2.91. The number of halogens is 2. The zero-order valence-corrected chi connectivity index (χ0v) is 18.8. The summed E-state index contributed by atoms with van der Waals surface area (Å²) in [4.78, 5) is 35.1. The summed E-state index contributed by atoms with van der Waals surface area (Å²) >= 11 is 7.27. The van der Waals surface area contributed by atoms with E-state index in [1.165, 1.54) is 19.3 Å². The molecule has 0 aromatic rings. The molecule has 170 valence electrons. The van der Waals surface area contributed by atoms with E-state index in [1.807, 2.05) is 0 Å². The highest BCUT2D eigenvalue weighted by Crippen LogP contribution is 2.72. The normalized spacial score (nSPS) is 50.6. The van der Waals surface area contributed by atoms with Crippen molar-refractivity contribution in [3.05, 3.63) is 23.8 Å². The summed E-state index contributed by atoms with van der Waals surface area (Å²) in [5.74, 6) is -2.25. The van der Waals surface area contributed by atoms with Gasteiger partial charge in [-0.05, 0) is 48.8 Å². The Bertz CT molecular complexity index is 902. The zero-order chi connectivity index (χ0) is 23.0. The second-order valence-corrected chi connectivity index (χ2v) is 10.6. The Morgan fingerprint density at radius 1 is 1.32 bits per heavy atom. The molecule has 0 spiro atoms. The van der Waals surface area contributed by atoms with Crippen molar-refractivity contribution in [2.24, 2.45) is 28.6 Å². The number of alkyl halides is 2. The van der Waals surface area contributed by atoms with Crippen molar-refractivity contribution in [2.45, 2.75) is 62.8 Å². The van der Waals surface area contributed by atoms with Gasteiger partial charge >= 0.3 is 5.97 Å². The van der Waals surface area contributed by atoms with Gasteiger partial charge in [0.05, 0.1) is 18.1 Å². The van der Waals surface area contributed by atoms with Gasteiger partial charge in [0.2, 0.25) is 5.60 Å². The van der Waals surface area contributed by atoms with Crippen LogP contribution in [0.25, 0.3) is 0 Å². The molecule has 4 aliphatic carbocycles. The topological polar surface area (TPSA) is 89.9 Å². The van der Waals surface area contributed by atoms with E-state index in [1.54, 1.807) is 26.8 Å². The van der Waals surface area contributed by atoms with Crippen molar-refractivity contribution in [3.8, 4) is 0 Å². The number of aliphatic hydroxyl groups is 1. The van der Waals surface area contributed by atoms with E-state index >= 15 is 4.39 Å². The predicted molar refractivity (Wildman–Crippen MR) is 110 cm³/mol. The fourth-order valence-electron chi connectivity index (χ4n) is 7.49. The number of carbonyl (C=O) groups excluding carboxylic acids is 3. The highest BCUT2D eigenvalue weighted by atomic mass is 35.5. The van der Waals surface area contributed by atoms with Gasteiger partial charge in [-0.2, -0.15) is 0 Å². The number of fused-ring (bicyclic) bond motifs is 5. The molecule has 1 N–H and O–H groups in total. The first kappa shape index (κ1) is 22.5. The molecule has 0 aromatic carbocycles. The summed E-state index contributed by atoms with van der Waals surface area (Å²) in [6.45, 7) is 5.59. The van der Waals surface area contributed by atoms with Crippen LogP contribution in [0.1, 0.15) is 40.0 Å². The van der Waals surface area contributed by atoms with Gasteiger partial charge in [-0.25, -0.2) is 9.18 Å².